The van der Waals surface area contributed by atoms with E-state index in [1.165, 1.54) is 0 Å². The molecule has 2 aromatic rings. The average molecular weight is 245 g/mol. The summed E-state index contributed by atoms with van der Waals surface area (Å²) in [5.41, 5.74) is 0. The van der Waals surface area contributed by atoms with Crippen molar-refractivity contribution >= 4 is 5.82 Å². The molecular formula is C12H15N5O. The number of hydrogen-bond donors (Lipinski definition) is 0. The lowest BCUT2D eigenvalue weighted by Crippen LogP contribution is -2.33. The summed E-state index contributed by atoms with van der Waals surface area (Å²) in [5.74, 6) is 2.88. The van der Waals surface area contributed by atoms with Gasteiger partial charge in [-0.1, -0.05) is 5.16 Å². The van der Waals surface area contributed by atoms with E-state index in [1.54, 1.807) is 12.5 Å². The quantitative estimate of drug-likeness (QED) is 0.799. The maximum Gasteiger partial charge on any atom is 0.223 e. The lowest BCUT2D eigenvalue weighted by molar-refractivity contribution is 0.375. The SMILES string of the molecule is Cc1nc(C2CCN(c3ccncn3)CC2)no1. The lowest BCUT2D eigenvalue weighted by Gasteiger charge is -2.31. The van der Waals surface area contributed by atoms with Gasteiger partial charge in [-0.3, -0.25) is 0 Å². The molecule has 1 aliphatic rings. The number of aryl methyl sites for hydroxylation is 1. The molecule has 1 aliphatic heterocycles. The average Bonchev–Trinajstić information content (AvgIpc) is 2.87. The first-order valence-corrected chi connectivity index (χ1v) is 6.14. The highest BCUT2D eigenvalue weighted by atomic mass is 16.5. The number of aromatic nitrogens is 4. The molecule has 0 aliphatic carbocycles. The standard InChI is InChI=1S/C12H15N5O/c1-9-15-12(16-18-9)10-3-6-17(7-4-10)11-2-5-13-8-14-11/h2,5,8,10H,3-4,6-7H2,1H3. The maximum atomic E-state index is 5.03. The Morgan fingerprint density at radius 2 is 2.17 bits per heavy atom. The van der Waals surface area contributed by atoms with Crippen LogP contribution < -0.4 is 4.90 Å². The van der Waals surface area contributed by atoms with Gasteiger partial charge in [-0.05, 0) is 18.9 Å². The Morgan fingerprint density at radius 1 is 1.33 bits per heavy atom. The fourth-order valence-corrected chi connectivity index (χ4v) is 2.32. The van der Waals surface area contributed by atoms with Crippen LogP contribution in [-0.4, -0.2) is 33.2 Å². The third kappa shape index (κ3) is 2.18. The van der Waals surface area contributed by atoms with Crippen LogP contribution in [0.5, 0.6) is 0 Å². The molecule has 3 rings (SSSR count). The fourth-order valence-electron chi connectivity index (χ4n) is 2.32. The van der Waals surface area contributed by atoms with Crippen molar-refractivity contribution < 1.29 is 4.52 Å². The van der Waals surface area contributed by atoms with Crippen LogP contribution in [0.4, 0.5) is 5.82 Å². The van der Waals surface area contributed by atoms with Gasteiger partial charge in [0.2, 0.25) is 5.89 Å². The molecule has 0 bridgehead atoms. The van der Waals surface area contributed by atoms with Crippen molar-refractivity contribution in [1.82, 2.24) is 20.1 Å². The Hall–Kier alpha value is -1.98. The Bertz CT molecular complexity index is 504. The molecule has 3 heterocycles. The van der Waals surface area contributed by atoms with Crippen LogP contribution in [0.2, 0.25) is 0 Å². The highest BCUT2D eigenvalue weighted by Gasteiger charge is 2.24. The number of hydrogen-bond acceptors (Lipinski definition) is 6. The zero-order valence-electron chi connectivity index (χ0n) is 10.3. The van der Waals surface area contributed by atoms with E-state index >= 15 is 0 Å². The van der Waals surface area contributed by atoms with Gasteiger partial charge < -0.3 is 9.42 Å². The largest absolute Gasteiger partial charge is 0.356 e. The van der Waals surface area contributed by atoms with Crippen LogP contribution in [-0.2, 0) is 0 Å². The van der Waals surface area contributed by atoms with Gasteiger partial charge in [0.1, 0.15) is 12.1 Å². The van der Waals surface area contributed by atoms with E-state index in [9.17, 15) is 0 Å². The Balaban J connectivity index is 1.65. The zero-order chi connectivity index (χ0) is 12.4. The summed E-state index contributed by atoms with van der Waals surface area (Å²) in [6.45, 7) is 3.76. The molecule has 0 aromatic carbocycles. The fraction of sp³-hybridized carbons (Fsp3) is 0.500. The van der Waals surface area contributed by atoms with Crippen molar-refractivity contribution in [1.29, 1.82) is 0 Å². The smallest absolute Gasteiger partial charge is 0.223 e. The first kappa shape index (κ1) is 11.1. The molecule has 1 saturated heterocycles. The van der Waals surface area contributed by atoms with Crippen LogP contribution in [0.25, 0.3) is 0 Å². The van der Waals surface area contributed by atoms with Gasteiger partial charge in [0.05, 0.1) is 0 Å². The predicted octanol–water partition coefficient (Wildman–Crippen LogP) is 1.55. The minimum atomic E-state index is 0.403. The van der Waals surface area contributed by atoms with Crippen molar-refractivity contribution in [2.45, 2.75) is 25.7 Å². The summed E-state index contributed by atoms with van der Waals surface area (Å²) in [6.07, 6.45) is 5.42. The van der Waals surface area contributed by atoms with E-state index in [4.69, 9.17) is 4.52 Å². The summed E-state index contributed by atoms with van der Waals surface area (Å²) >= 11 is 0. The molecule has 0 N–H and O–H groups in total. The molecular weight excluding hydrogens is 230 g/mol. The van der Waals surface area contributed by atoms with Crippen molar-refractivity contribution in [3.8, 4) is 0 Å². The third-order valence-corrected chi connectivity index (χ3v) is 3.29. The summed E-state index contributed by atoms with van der Waals surface area (Å²) in [6, 6.07) is 1.94. The topological polar surface area (TPSA) is 67.9 Å². The monoisotopic (exact) mass is 245 g/mol. The highest BCUT2D eigenvalue weighted by molar-refractivity contribution is 5.37. The van der Waals surface area contributed by atoms with Gasteiger partial charge in [-0.2, -0.15) is 4.98 Å². The molecule has 1 fully saturated rings. The summed E-state index contributed by atoms with van der Waals surface area (Å²) in [5, 5.41) is 4.01. The van der Waals surface area contributed by atoms with Crippen molar-refractivity contribution in [2.24, 2.45) is 0 Å². The van der Waals surface area contributed by atoms with Crippen LogP contribution >= 0.6 is 0 Å². The number of anilines is 1. The lowest BCUT2D eigenvalue weighted by atomic mass is 9.96. The molecule has 0 atom stereocenters. The highest BCUT2D eigenvalue weighted by Crippen LogP contribution is 2.27. The second-order valence-corrected chi connectivity index (χ2v) is 4.50. The molecule has 94 valence electrons. The van der Waals surface area contributed by atoms with Crippen LogP contribution in [0.1, 0.15) is 30.5 Å². The van der Waals surface area contributed by atoms with E-state index in [0.29, 0.717) is 11.8 Å². The molecule has 6 nitrogen and oxygen atoms in total. The minimum absolute atomic E-state index is 0.403. The summed E-state index contributed by atoms with van der Waals surface area (Å²) in [4.78, 5) is 14.8. The second-order valence-electron chi connectivity index (χ2n) is 4.50. The molecule has 18 heavy (non-hydrogen) atoms. The molecule has 0 spiro atoms. The van der Waals surface area contributed by atoms with Crippen LogP contribution in [0, 0.1) is 6.92 Å². The van der Waals surface area contributed by atoms with Crippen molar-refractivity contribution in [3.63, 3.8) is 0 Å². The van der Waals surface area contributed by atoms with Crippen molar-refractivity contribution in [2.75, 3.05) is 18.0 Å². The van der Waals surface area contributed by atoms with E-state index < -0.39 is 0 Å². The van der Waals surface area contributed by atoms with E-state index in [-0.39, 0.29) is 0 Å². The van der Waals surface area contributed by atoms with Crippen LogP contribution in [0.3, 0.4) is 0 Å². The second kappa shape index (κ2) is 4.72. The number of nitrogens with zero attached hydrogens (tertiary/aromatic N) is 5. The molecule has 0 saturated carbocycles. The van der Waals surface area contributed by atoms with Crippen LogP contribution in [0.15, 0.2) is 23.1 Å². The van der Waals surface area contributed by atoms with Crippen molar-refractivity contribution in [3.05, 3.63) is 30.3 Å². The van der Waals surface area contributed by atoms with Gasteiger partial charge in [-0.25, -0.2) is 9.97 Å². The molecule has 0 unspecified atom stereocenters. The zero-order valence-corrected chi connectivity index (χ0v) is 10.3. The van der Waals surface area contributed by atoms with Gasteiger partial charge in [0, 0.05) is 32.1 Å². The first-order chi connectivity index (χ1) is 8.83. The molecule has 0 radical (unpaired) electrons. The Labute approximate surface area is 105 Å². The van der Waals surface area contributed by atoms with E-state index in [0.717, 1.165) is 37.6 Å². The predicted molar refractivity (Wildman–Crippen MR) is 65.3 cm³/mol. The number of piperidine rings is 1. The molecule has 6 heteroatoms. The van der Waals surface area contributed by atoms with Gasteiger partial charge >= 0.3 is 0 Å². The van der Waals surface area contributed by atoms with E-state index in [2.05, 4.69) is 25.0 Å². The first-order valence-electron chi connectivity index (χ1n) is 6.14. The molecule has 2 aromatic heterocycles. The Morgan fingerprint density at radius 3 is 2.78 bits per heavy atom. The van der Waals surface area contributed by atoms with E-state index in [1.807, 2.05) is 13.0 Å². The minimum Gasteiger partial charge on any atom is -0.356 e. The summed E-state index contributed by atoms with van der Waals surface area (Å²) in [7, 11) is 0. The summed E-state index contributed by atoms with van der Waals surface area (Å²) < 4.78 is 5.03. The number of rotatable bonds is 2. The maximum absolute atomic E-state index is 5.03. The van der Waals surface area contributed by atoms with Gasteiger partial charge in [0.25, 0.3) is 0 Å². The molecule has 0 amide bonds. The third-order valence-electron chi connectivity index (χ3n) is 3.29. The Kier molecular flexibility index (Phi) is 2.92. The van der Waals surface area contributed by atoms with Gasteiger partial charge in [-0.15, -0.1) is 0 Å². The normalized spacial score (nSPS) is 17.1. The van der Waals surface area contributed by atoms with Gasteiger partial charge in [0.15, 0.2) is 5.82 Å².